The highest BCUT2D eigenvalue weighted by atomic mass is 14.9. The van der Waals surface area contributed by atoms with Gasteiger partial charge in [0, 0.05) is 12.1 Å². The quantitative estimate of drug-likeness (QED) is 0.807. The fourth-order valence-corrected chi connectivity index (χ4v) is 2.66. The summed E-state index contributed by atoms with van der Waals surface area (Å²) >= 11 is 0. The van der Waals surface area contributed by atoms with Gasteiger partial charge in [0.15, 0.2) is 0 Å². The Hall–Kier alpha value is -0.820. The van der Waals surface area contributed by atoms with Gasteiger partial charge in [-0.2, -0.15) is 0 Å². The van der Waals surface area contributed by atoms with Crippen molar-refractivity contribution in [3.63, 3.8) is 0 Å². The summed E-state index contributed by atoms with van der Waals surface area (Å²) in [5.74, 6) is 0. The monoisotopic (exact) mass is 217 g/mol. The minimum absolute atomic E-state index is 0.489. The third-order valence-corrected chi connectivity index (χ3v) is 3.63. The van der Waals surface area contributed by atoms with Gasteiger partial charge < -0.3 is 5.32 Å². The fourth-order valence-electron chi connectivity index (χ4n) is 2.66. The second kappa shape index (κ2) is 5.49. The molecule has 1 aliphatic rings. The first-order valence-corrected chi connectivity index (χ1v) is 6.58. The highest BCUT2D eigenvalue weighted by Crippen LogP contribution is 2.21. The molecular formula is C15H23N. The lowest BCUT2D eigenvalue weighted by atomic mass is 9.94. The van der Waals surface area contributed by atoms with Crippen molar-refractivity contribution in [2.45, 2.75) is 58.0 Å². The SMILES string of the molecule is Cc1cccc([C@@H](C)NC2CCCCC2)c1. The van der Waals surface area contributed by atoms with Crippen LogP contribution in [0.2, 0.25) is 0 Å². The van der Waals surface area contributed by atoms with Gasteiger partial charge in [-0.05, 0) is 32.3 Å². The predicted molar refractivity (Wildman–Crippen MR) is 69.6 cm³/mol. The van der Waals surface area contributed by atoms with Gasteiger partial charge in [-0.3, -0.25) is 0 Å². The molecule has 0 aromatic heterocycles. The molecule has 1 aliphatic carbocycles. The van der Waals surface area contributed by atoms with Gasteiger partial charge in [-0.15, -0.1) is 0 Å². The van der Waals surface area contributed by atoms with Crippen molar-refractivity contribution in [2.75, 3.05) is 0 Å². The van der Waals surface area contributed by atoms with E-state index in [2.05, 4.69) is 43.4 Å². The van der Waals surface area contributed by atoms with Crippen molar-refractivity contribution in [3.05, 3.63) is 35.4 Å². The molecule has 0 radical (unpaired) electrons. The van der Waals surface area contributed by atoms with Crippen LogP contribution in [0.25, 0.3) is 0 Å². The van der Waals surface area contributed by atoms with Crippen molar-refractivity contribution in [3.8, 4) is 0 Å². The van der Waals surface area contributed by atoms with Crippen LogP contribution in [0.5, 0.6) is 0 Å². The van der Waals surface area contributed by atoms with Crippen molar-refractivity contribution in [1.29, 1.82) is 0 Å². The fraction of sp³-hybridized carbons (Fsp3) is 0.600. The van der Waals surface area contributed by atoms with Gasteiger partial charge >= 0.3 is 0 Å². The third kappa shape index (κ3) is 3.08. The zero-order valence-corrected chi connectivity index (χ0v) is 10.5. The summed E-state index contributed by atoms with van der Waals surface area (Å²) in [6.07, 6.45) is 6.94. The molecule has 2 rings (SSSR count). The van der Waals surface area contributed by atoms with E-state index in [4.69, 9.17) is 0 Å². The summed E-state index contributed by atoms with van der Waals surface area (Å²) < 4.78 is 0. The first-order valence-electron chi connectivity index (χ1n) is 6.58. The van der Waals surface area contributed by atoms with Crippen molar-refractivity contribution in [1.82, 2.24) is 5.32 Å². The lowest BCUT2D eigenvalue weighted by molar-refractivity contribution is 0.347. The maximum absolute atomic E-state index is 3.76. The van der Waals surface area contributed by atoms with E-state index >= 15 is 0 Å². The Morgan fingerprint density at radius 2 is 1.94 bits per heavy atom. The molecule has 1 saturated carbocycles. The van der Waals surface area contributed by atoms with E-state index in [0.29, 0.717) is 6.04 Å². The van der Waals surface area contributed by atoms with Crippen molar-refractivity contribution < 1.29 is 0 Å². The molecule has 0 amide bonds. The molecule has 1 N–H and O–H groups in total. The van der Waals surface area contributed by atoms with Gasteiger partial charge in [0.1, 0.15) is 0 Å². The molecule has 1 fully saturated rings. The van der Waals surface area contributed by atoms with E-state index in [9.17, 15) is 0 Å². The number of rotatable bonds is 3. The second-order valence-electron chi connectivity index (χ2n) is 5.14. The average molecular weight is 217 g/mol. The summed E-state index contributed by atoms with van der Waals surface area (Å²) in [6.45, 7) is 4.44. The molecule has 1 heteroatoms. The van der Waals surface area contributed by atoms with Gasteiger partial charge in [0.25, 0.3) is 0 Å². The van der Waals surface area contributed by atoms with E-state index in [1.54, 1.807) is 0 Å². The van der Waals surface area contributed by atoms with Crippen LogP contribution < -0.4 is 5.32 Å². The lowest BCUT2D eigenvalue weighted by Gasteiger charge is -2.27. The smallest absolute Gasteiger partial charge is 0.0294 e. The average Bonchev–Trinajstić information content (AvgIpc) is 2.30. The van der Waals surface area contributed by atoms with Crippen LogP contribution in [-0.2, 0) is 0 Å². The minimum Gasteiger partial charge on any atom is -0.307 e. The topological polar surface area (TPSA) is 12.0 Å². The minimum atomic E-state index is 0.489. The summed E-state index contributed by atoms with van der Waals surface area (Å²) in [5.41, 5.74) is 2.78. The molecule has 88 valence electrons. The maximum atomic E-state index is 3.76. The van der Waals surface area contributed by atoms with Gasteiger partial charge in [0.2, 0.25) is 0 Å². The van der Waals surface area contributed by atoms with Crippen LogP contribution in [0.4, 0.5) is 0 Å². The zero-order valence-electron chi connectivity index (χ0n) is 10.5. The molecular weight excluding hydrogens is 194 g/mol. The molecule has 1 aromatic rings. The first-order chi connectivity index (χ1) is 7.75. The Balaban J connectivity index is 1.94. The van der Waals surface area contributed by atoms with Gasteiger partial charge in [-0.25, -0.2) is 0 Å². The standard InChI is InChI=1S/C15H23N/c1-12-7-6-8-14(11-12)13(2)16-15-9-4-3-5-10-15/h6-8,11,13,15-16H,3-5,9-10H2,1-2H3/t13-/m1/s1. The Bertz CT molecular complexity index is 326. The predicted octanol–water partition coefficient (Wildman–Crippen LogP) is 3.98. The van der Waals surface area contributed by atoms with Crippen LogP contribution in [0, 0.1) is 6.92 Å². The molecule has 0 unspecified atom stereocenters. The van der Waals surface area contributed by atoms with Crippen molar-refractivity contribution in [2.24, 2.45) is 0 Å². The number of hydrogen-bond donors (Lipinski definition) is 1. The van der Waals surface area contributed by atoms with Crippen molar-refractivity contribution >= 4 is 0 Å². The molecule has 0 bridgehead atoms. The Morgan fingerprint density at radius 3 is 2.62 bits per heavy atom. The molecule has 0 heterocycles. The largest absolute Gasteiger partial charge is 0.307 e. The van der Waals surface area contributed by atoms with Crippen LogP contribution in [-0.4, -0.2) is 6.04 Å². The van der Waals surface area contributed by atoms with E-state index in [1.807, 2.05) is 0 Å². The number of benzene rings is 1. The number of aryl methyl sites for hydroxylation is 1. The normalized spacial score (nSPS) is 19.6. The molecule has 16 heavy (non-hydrogen) atoms. The van der Waals surface area contributed by atoms with Gasteiger partial charge in [-0.1, -0.05) is 49.1 Å². The Labute approximate surface area is 99.3 Å². The molecule has 1 atom stereocenters. The van der Waals surface area contributed by atoms with Crippen LogP contribution >= 0.6 is 0 Å². The summed E-state index contributed by atoms with van der Waals surface area (Å²) in [4.78, 5) is 0. The van der Waals surface area contributed by atoms with Crippen LogP contribution in [0.1, 0.15) is 56.2 Å². The van der Waals surface area contributed by atoms with E-state index in [-0.39, 0.29) is 0 Å². The zero-order chi connectivity index (χ0) is 11.4. The maximum Gasteiger partial charge on any atom is 0.0294 e. The molecule has 1 nitrogen and oxygen atoms in total. The van der Waals surface area contributed by atoms with Crippen LogP contribution in [0.3, 0.4) is 0 Å². The number of nitrogens with one attached hydrogen (secondary N) is 1. The second-order valence-corrected chi connectivity index (χ2v) is 5.14. The van der Waals surface area contributed by atoms with E-state index in [0.717, 1.165) is 6.04 Å². The molecule has 0 spiro atoms. The highest BCUT2D eigenvalue weighted by Gasteiger charge is 2.15. The van der Waals surface area contributed by atoms with E-state index < -0.39 is 0 Å². The highest BCUT2D eigenvalue weighted by molar-refractivity contribution is 5.24. The summed E-state index contributed by atoms with van der Waals surface area (Å²) in [5, 5.41) is 3.76. The van der Waals surface area contributed by atoms with Gasteiger partial charge in [0.05, 0.1) is 0 Å². The Morgan fingerprint density at radius 1 is 1.19 bits per heavy atom. The summed E-state index contributed by atoms with van der Waals surface area (Å²) in [7, 11) is 0. The number of hydrogen-bond acceptors (Lipinski definition) is 1. The summed E-state index contributed by atoms with van der Waals surface area (Å²) in [6, 6.07) is 10.1. The first kappa shape index (κ1) is 11.7. The molecule has 1 aromatic carbocycles. The molecule has 0 saturated heterocycles. The van der Waals surface area contributed by atoms with E-state index in [1.165, 1.54) is 43.2 Å². The Kier molecular flexibility index (Phi) is 4.00. The third-order valence-electron chi connectivity index (χ3n) is 3.63. The lowest BCUT2D eigenvalue weighted by Crippen LogP contribution is -2.33. The van der Waals surface area contributed by atoms with Crippen LogP contribution in [0.15, 0.2) is 24.3 Å². The molecule has 0 aliphatic heterocycles.